The average molecular weight is 538 g/mol. The van der Waals surface area contributed by atoms with E-state index in [0.717, 1.165) is 10.9 Å². The predicted octanol–water partition coefficient (Wildman–Crippen LogP) is 11.3. The molecule has 6 aromatic carbocycles. The van der Waals surface area contributed by atoms with E-state index in [1.54, 1.807) is 0 Å². The average Bonchev–Trinajstić information content (AvgIpc) is 3.42. The molecule has 41 heavy (non-hydrogen) atoms. The third-order valence-corrected chi connectivity index (χ3v) is 9.73. The number of aromatic nitrogens is 1. The van der Waals surface area contributed by atoms with Crippen molar-refractivity contribution in [3.63, 3.8) is 0 Å². The zero-order chi connectivity index (χ0) is 26.9. The molecule has 1 aliphatic rings. The van der Waals surface area contributed by atoms with Gasteiger partial charge in [0.15, 0.2) is 0 Å². The molecular weight excluding hydrogens is 515 g/mol. The van der Waals surface area contributed by atoms with Crippen molar-refractivity contribution < 1.29 is 0 Å². The minimum absolute atomic E-state index is 1.04. The fourth-order valence-corrected chi connectivity index (χ4v) is 7.99. The molecule has 2 heteroatoms. The summed E-state index contributed by atoms with van der Waals surface area (Å²) in [4.78, 5) is 5.03. The third-order valence-electron chi connectivity index (χ3n) is 8.51. The van der Waals surface area contributed by atoms with Gasteiger partial charge in [0.1, 0.15) is 0 Å². The van der Waals surface area contributed by atoms with E-state index in [-0.39, 0.29) is 0 Å². The molecule has 0 atom stereocenters. The van der Waals surface area contributed by atoms with Crippen LogP contribution in [-0.4, -0.2) is 4.98 Å². The Balaban J connectivity index is 1.50. The molecule has 0 amide bonds. The van der Waals surface area contributed by atoms with Crippen LogP contribution in [0.2, 0.25) is 0 Å². The van der Waals surface area contributed by atoms with Gasteiger partial charge in [0, 0.05) is 48.4 Å². The van der Waals surface area contributed by atoms with Crippen LogP contribution < -0.4 is 0 Å². The summed E-state index contributed by atoms with van der Waals surface area (Å²) in [7, 11) is 0. The molecule has 0 radical (unpaired) electrons. The molecule has 190 valence electrons. The lowest BCUT2D eigenvalue weighted by molar-refractivity contribution is 1.41. The van der Waals surface area contributed by atoms with Crippen LogP contribution in [0.5, 0.6) is 0 Å². The van der Waals surface area contributed by atoms with Gasteiger partial charge in [-0.25, -0.2) is 0 Å². The SMILES string of the molecule is c1ccc2c(c1)-c1ccccc1-c1ccc3cccnc3c1-c1c-2cccc1-c1cccc2c1sc1ccccc12. The zero-order valence-electron chi connectivity index (χ0n) is 22.1. The lowest BCUT2D eigenvalue weighted by Gasteiger charge is -2.26. The highest BCUT2D eigenvalue weighted by Gasteiger charge is 2.26. The van der Waals surface area contributed by atoms with Gasteiger partial charge in [-0.15, -0.1) is 11.3 Å². The Kier molecular flexibility index (Phi) is 4.84. The highest BCUT2D eigenvalue weighted by molar-refractivity contribution is 7.26. The molecule has 2 heterocycles. The van der Waals surface area contributed by atoms with E-state index >= 15 is 0 Å². The Morgan fingerprint density at radius 1 is 0.390 bits per heavy atom. The van der Waals surface area contributed by atoms with Crippen LogP contribution >= 0.6 is 11.3 Å². The van der Waals surface area contributed by atoms with Crippen LogP contribution in [0.4, 0.5) is 0 Å². The molecule has 0 saturated heterocycles. The van der Waals surface area contributed by atoms with Gasteiger partial charge in [0.25, 0.3) is 0 Å². The van der Waals surface area contributed by atoms with Gasteiger partial charge in [0.2, 0.25) is 0 Å². The summed E-state index contributed by atoms with van der Waals surface area (Å²) in [6.07, 6.45) is 1.93. The predicted molar refractivity (Wildman–Crippen MR) is 175 cm³/mol. The maximum absolute atomic E-state index is 5.03. The molecule has 9 rings (SSSR count). The second kappa shape index (κ2) is 8.72. The molecule has 8 aromatic rings. The van der Waals surface area contributed by atoms with Crippen molar-refractivity contribution >= 4 is 42.4 Å². The summed E-state index contributed by atoms with van der Waals surface area (Å²) in [5.74, 6) is 0. The van der Waals surface area contributed by atoms with Crippen molar-refractivity contribution in [1.29, 1.82) is 0 Å². The summed E-state index contributed by atoms with van der Waals surface area (Å²) in [6, 6.07) is 48.8. The van der Waals surface area contributed by atoms with E-state index in [4.69, 9.17) is 4.98 Å². The molecule has 0 bridgehead atoms. The van der Waals surface area contributed by atoms with Crippen molar-refractivity contribution in [1.82, 2.24) is 4.98 Å². The van der Waals surface area contributed by atoms with Crippen molar-refractivity contribution in [3.8, 4) is 55.6 Å². The summed E-state index contributed by atoms with van der Waals surface area (Å²) in [5, 5.41) is 3.78. The zero-order valence-corrected chi connectivity index (χ0v) is 23.0. The Morgan fingerprint density at radius 2 is 0.951 bits per heavy atom. The summed E-state index contributed by atoms with van der Waals surface area (Å²) in [5.41, 5.74) is 13.5. The molecule has 0 unspecified atom stereocenters. The van der Waals surface area contributed by atoms with Gasteiger partial charge in [-0.05, 0) is 51.1 Å². The molecule has 0 spiro atoms. The Labute approximate surface area is 242 Å². The number of hydrogen-bond donors (Lipinski definition) is 0. The summed E-state index contributed by atoms with van der Waals surface area (Å²) < 4.78 is 2.65. The van der Waals surface area contributed by atoms with E-state index in [1.165, 1.54) is 75.8 Å². The first-order chi connectivity index (χ1) is 20.4. The largest absolute Gasteiger partial charge is 0.256 e. The number of thiophene rings is 1. The highest BCUT2D eigenvalue weighted by atomic mass is 32.1. The molecule has 0 N–H and O–H groups in total. The minimum atomic E-state index is 1.04. The number of benzene rings is 6. The molecule has 1 nitrogen and oxygen atoms in total. The van der Waals surface area contributed by atoms with E-state index in [0.29, 0.717) is 0 Å². The van der Waals surface area contributed by atoms with Gasteiger partial charge < -0.3 is 0 Å². The number of rotatable bonds is 1. The Bertz CT molecular complexity index is 2320. The number of hydrogen-bond acceptors (Lipinski definition) is 2. The standard InChI is InChI=1S/C39H23NS/c1-3-13-27-25(11-1)26-12-2-4-14-28(26)32-22-21-24-10-9-23-40-38(24)37(32)36-30(27)16-7-17-31(36)34-19-8-18-33-29-15-5-6-20-35(29)41-39(33)34/h1-23H. The van der Waals surface area contributed by atoms with Crippen LogP contribution in [0.25, 0.3) is 86.7 Å². The summed E-state index contributed by atoms with van der Waals surface area (Å²) in [6.45, 7) is 0. The fourth-order valence-electron chi connectivity index (χ4n) is 6.76. The summed E-state index contributed by atoms with van der Waals surface area (Å²) >= 11 is 1.89. The van der Waals surface area contributed by atoms with Crippen LogP contribution in [0.15, 0.2) is 140 Å². The van der Waals surface area contributed by atoms with Crippen LogP contribution in [-0.2, 0) is 0 Å². The van der Waals surface area contributed by atoms with Gasteiger partial charge in [-0.2, -0.15) is 0 Å². The third kappa shape index (κ3) is 3.26. The number of nitrogens with zero attached hydrogens (tertiary/aromatic N) is 1. The normalized spacial score (nSPS) is 11.9. The minimum Gasteiger partial charge on any atom is -0.256 e. The smallest absolute Gasteiger partial charge is 0.0786 e. The molecule has 2 aromatic heterocycles. The second-order valence-electron chi connectivity index (χ2n) is 10.7. The lowest BCUT2D eigenvalue weighted by atomic mass is 9.77. The van der Waals surface area contributed by atoms with Gasteiger partial charge in [-0.3, -0.25) is 4.98 Å². The second-order valence-corrected chi connectivity index (χ2v) is 11.7. The lowest BCUT2D eigenvalue weighted by Crippen LogP contribution is -2.00. The van der Waals surface area contributed by atoms with E-state index in [9.17, 15) is 0 Å². The van der Waals surface area contributed by atoms with E-state index in [2.05, 4.69) is 127 Å². The van der Waals surface area contributed by atoms with E-state index in [1.807, 2.05) is 23.6 Å². The highest BCUT2D eigenvalue weighted by Crippen LogP contribution is 2.53. The Hall–Kier alpha value is -5.05. The number of fused-ring (bicyclic) bond motifs is 13. The van der Waals surface area contributed by atoms with Crippen molar-refractivity contribution in [3.05, 3.63) is 140 Å². The van der Waals surface area contributed by atoms with Crippen LogP contribution in [0.1, 0.15) is 0 Å². The molecule has 0 fully saturated rings. The van der Waals surface area contributed by atoms with Crippen LogP contribution in [0, 0.1) is 0 Å². The first-order valence-corrected chi connectivity index (χ1v) is 14.8. The quantitative estimate of drug-likeness (QED) is 0.203. The molecule has 1 aliphatic carbocycles. The fraction of sp³-hybridized carbons (Fsp3) is 0. The monoisotopic (exact) mass is 537 g/mol. The number of pyridine rings is 1. The Morgan fingerprint density at radius 3 is 1.73 bits per heavy atom. The topological polar surface area (TPSA) is 12.9 Å². The molecular formula is C39H23NS. The van der Waals surface area contributed by atoms with Crippen molar-refractivity contribution in [2.75, 3.05) is 0 Å². The van der Waals surface area contributed by atoms with E-state index < -0.39 is 0 Å². The molecule has 0 saturated carbocycles. The first kappa shape index (κ1) is 22.7. The van der Waals surface area contributed by atoms with Crippen LogP contribution in [0.3, 0.4) is 0 Å². The molecule has 0 aliphatic heterocycles. The van der Waals surface area contributed by atoms with Gasteiger partial charge >= 0.3 is 0 Å². The van der Waals surface area contributed by atoms with Crippen molar-refractivity contribution in [2.24, 2.45) is 0 Å². The maximum atomic E-state index is 5.03. The van der Waals surface area contributed by atoms with Crippen molar-refractivity contribution in [2.45, 2.75) is 0 Å². The van der Waals surface area contributed by atoms with Gasteiger partial charge in [0.05, 0.1) is 5.52 Å². The maximum Gasteiger partial charge on any atom is 0.0786 e. The first-order valence-electron chi connectivity index (χ1n) is 14.0. The van der Waals surface area contributed by atoms with Gasteiger partial charge in [-0.1, -0.05) is 121 Å².